The minimum absolute atomic E-state index is 0.0328. The fraction of sp³-hybridized carbons (Fsp3) is 0.250. The lowest BCUT2D eigenvalue weighted by atomic mass is 10.1. The van der Waals surface area contributed by atoms with Crippen molar-refractivity contribution in [2.75, 3.05) is 24.9 Å². The molecule has 1 heterocycles. The molecule has 3 rings (SSSR count). The molecule has 0 bridgehead atoms. The zero-order valence-electron chi connectivity index (χ0n) is 18.8. The number of furan rings is 1. The third-order valence-electron chi connectivity index (χ3n) is 5.24. The van der Waals surface area contributed by atoms with E-state index in [2.05, 4.69) is 10.6 Å². The lowest BCUT2D eigenvalue weighted by molar-refractivity contribution is 0.0991. The minimum atomic E-state index is -0.560. The van der Waals surface area contributed by atoms with Crippen LogP contribution in [-0.2, 0) is 12.8 Å². The first-order chi connectivity index (χ1) is 15.9. The van der Waals surface area contributed by atoms with Crippen LogP contribution in [0, 0.1) is 0 Å². The molecule has 0 aliphatic rings. The third-order valence-corrected chi connectivity index (χ3v) is 5.24. The molecule has 0 saturated carbocycles. The van der Waals surface area contributed by atoms with Crippen molar-refractivity contribution in [2.24, 2.45) is 0 Å². The highest BCUT2D eigenvalue weighted by Crippen LogP contribution is 2.37. The number of benzene rings is 2. The van der Waals surface area contributed by atoms with Crippen molar-refractivity contribution in [3.63, 3.8) is 0 Å². The topological polar surface area (TPSA) is 130 Å². The lowest BCUT2D eigenvalue weighted by Gasteiger charge is -2.16. The Kier molecular flexibility index (Phi) is 7.12. The number of phenolic OH excluding ortho intramolecular Hbond substituents is 2. The van der Waals surface area contributed by atoms with Crippen LogP contribution < -0.4 is 20.1 Å². The van der Waals surface area contributed by atoms with Gasteiger partial charge >= 0.3 is 0 Å². The number of phenols is 2. The number of nitrogens with one attached hydrogen (secondary N) is 2. The average Bonchev–Trinajstić information content (AvgIpc) is 3.31. The summed E-state index contributed by atoms with van der Waals surface area (Å²) in [5.74, 6) is -0.646. The molecule has 33 heavy (non-hydrogen) atoms. The Morgan fingerprint density at radius 1 is 0.788 bits per heavy atom. The van der Waals surface area contributed by atoms with Crippen LogP contribution in [0.1, 0.15) is 45.7 Å². The van der Waals surface area contributed by atoms with Gasteiger partial charge in [-0.05, 0) is 37.1 Å². The molecule has 2 amide bonds. The molecule has 2 aromatic carbocycles. The van der Waals surface area contributed by atoms with E-state index in [4.69, 9.17) is 13.9 Å². The van der Waals surface area contributed by atoms with Crippen molar-refractivity contribution in [1.29, 1.82) is 0 Å². The molecule has 0 radical (unpaired) electrons. The summed E-state index contributed by atoms with van der Waals surface area (Å²) in [4.78, 5) is 25.9. The van der Waals surface area contributed by atoms with E-state index in [9.17, 15) is 19.8 Å². The van der Waals surface area contributed by atoms with Crippen molar-refractivity contribution in [3.8, 4) is 23.0 Å². The summed E-state index contributed by atoms with van der Waals surface area (Å²) in [7, 11) is 2.86. The molecule has 1 aromatic heterocycles. The van der Waals surface area contributed by atoms with Gasteiger partial charge in [0.1, 0.15) is 12.5 Å². The van der Waals surface area contributed by atoms with Gasteiger partial charge in [0.05, 0.1) is 25.3 Å². The zero-order chi connectivity index (χ0) is 24.1. The first kappa shape index (κ1) is 23.5. The van der Waals surface area contributed by atoms with Crippen molar-refractivity contribution >= 4 is 23.2 Å². The van der Waals surface area contributed by atoms with E-state index in [-0.39, 0.29) is 34.1 Å². The molecule has 9 nitrogen and oxygen atoms in total. The maximum atomic E-state index is 13.0. The van der Waals surface area contributed by atoms with Crippen LogP contribution >= 0.6 is 0 Å². The van der Waals surface area contributed by atoms with Crippen molar-refractivity contribution in [2.45, 2.75) is 26.7 Å². The Hall–Kier alpha value is -4.14. The van der Waals surface area contributed by atoms with Crippen LogP contribution in [0.5, 0.6) is 23.0 Å². The van der Waals surface area contributed by atoms with Gasteiger partial charge in [-0.1, -0.05) is 13.8 Å². The zero-order valence-corrected chi connectivity index (χ0v) is 18.8. The normalized spacial score (nSPS) is 10.5. The number of rotatable bonds is 8. The number of amides is 2. The molecule has 9 heteroatoms. The number of carbonyl (C=O) groups is 2. The molecule has 0 aliphatic heterocycles. The van der Waals surface area contributed by atoms with E-state index in [1.807, 2.05) is 13.8 Å². The Balaban J connectivity index is 1.88. The molecule has 174 valence electrons. The molecular formula is C24H26N2O7. The van der Waals surface area contributed by atoms with E-state index in [0.29, 0.717) is 35.3 Å². The Morgan fingerprint density at radius 3 is 1.52 bits per heavy atom. The maximum absolute atomic E-state index is 13.0. The monoisotopic (exact) mass is 454 g/mol. The van der Waals surface area contributed by atoms with Gasteiger partial charge in [-0.25, -0.2) is 0 Å². The van der Waals surface area contributed by atoms with Crippen LogP contribution in [0.25, 0.3) is 0 Å². The van der Waals surface area contributed by atoms with Gasteiger partial charge in [0.15, 0.2) is 23.0 Å². The number of methoxy groups -OCH3 is 2. The van der Waals surface area contributed by atoms with E-state index in [1.54, 1.807) is 12.1 Å². The van der Waals surface area contributed by atoms with E-state index in [1.165, 1.54) is 38.9 Å². The summed E-state index contributed by atoms with van der Waals surface area (Å²) in [6.07, 6.45) is 3.36. The lowest BCUT2D eigenvalue weighted by Crippen LogP contribution is -2.20. The van der Waals surface area contributed by atoms with Crippen LogP contribution in [0.4, 0.5) is 11.4 Å². The van der Waals surface area contributed by atoms with Gasteiger partial charge in [-0.15, -0.1) is 0 Å². The molecule has 3 aromatic rings. The quantitative estimate of drug-likeness (QED) is 0.373. The Morgan fingerprint density at radius 2 is 1.18 bits per heavy atom. The van der Waals surface area contributed by atoms with Gasteiger partial charge in [0.2, 0.25) is 0 Å². The highest BCUT2D eigenvalue weighted by molar-refractivity contribution is 6.15. The predicted molar refractivity (Wildman–Crippen MR) is 123 cm³/mol. The number of carbonyl (C=O) groups excluding carboxylic acids is 2. The standard InChI is InChI=1S/C24H26N2O7/c1-5-13-17(7-9-19(27)21(13)31-3)25-23(29)15-11-33-12-16(15)24(30)26-18-8-10-20(28)22(32-4)14(18)6-2/h7-12,27-28H,5-6H2,1-4H3,(H,25,29)(H,26,30). The van der Waals surface area contributed by atoms with Crippen molar-refractivity contribution in [1.82, 2.24) is 0 Å². The highest BCUT2D eigenvalue weighted by Gasteiger charge is 2.23. The van der Waals surface area contributed by atoms with Gasteiger partial charge < -0.3 is 34.7 Å². The van der Waals surface area contributed by atoms with E-state index >= 15 is 0 Å². The first-order valence-corrected chi connectivity index (χ1v) is 10.3. The van der Waals surface area contributed by atoms with Crippen LogP contribution in [0.2, 0.25) is 0 Å². The summed E-state index contributed by atoms with van der Waals surface area (Å²) >= 11 is 0. The summed E-state index contributed by atoms with van der Waals surface area (Å²) < 4.78 is 15.6. The fourth-order valence-corrected chi connectivity index (χ4v) is 3.65. The van der Waals surface area contributed by atoms with Gasteiger partial charge in [0.25, 0.3) is 11.8 Å². The van der Waals surface area contributed by atoms with Crippen LogP contribution in [0.15, 0.2) is 41.2 Å². The summed E-state index contributed by atoms with van der Waals surface area (Å²) in [6.45, 7) is 3.72. The first-order valence-electron chi connectivity index (χ1n) is 10.3. The number of anilines is 2. The molecule has 0 atom stereocenters. The van der Waals surface area contributed by atoms with Gasteiger partial charge in [-0.3, -0.25) is 9.59 Å². The summed E-state index contributed by atoms with van der Waals surface area (Å²) in [6, 6.07) is 5.96. The summed E-state index contributed by atoms with van der Waals surface area (Å²) in [5.41, 5.74) is 2.19. The number of aromatic hydroxyl groups is 2. The maximum Gasteiger partial charge on any atom is 0.259 e. The highest BCUT2D eigenvalue weighted by atomic mass is 16.5. The van der Waals surface area contributed by atoms with Crippen LogP contribution in [-0.4, -0.2) is 36.2 Å². The molecule has 4 N–H and O–H groups in total. The average molecular weight is 454 g/mol. The van der Waals surface area contributed by atoms with E-state index < -0.39 is 11.8 Å². The van der Waals surface area contributed by atoms with Crippen molar-refractivity contribution < 1.29 is 33.7 Å². The van der Waals surface area contributed by atoms with Gasteiger partial charge in [0, 0.05) is 22.5 Å². The molecule has 0 spiro atoms. The number of hydrogen-bond acceptors (Lipinski definition) is 7. The number of ether oxygens (including phenoxy) is 2. The largest absolute Gasteiger partial charge is 0.504 e. The predicted octanol–water partition coefficient (Wildman–Crippen LogP) is 4.34. The molecule has 0 saturated heterocycles. The molecule has 0 fully saturated rings. The van der Waals surface area contributed by atoms with Gasteiger partial charge in [-0.2, -0.15) is 0 Å². The molecule has 0 aliphatic carbocycles. The minimum Gasteiger partial charge on any atom is -0.504 e. The Bertz CT molecular complexity index is 1090. The second-order valence-corrected chi connectivity index (χ2v) is 7.10. The summed E-state index contributed by atoms with van der Waals surface area (Å²) in [5, 5.41) is 25.5. The second kappa shape index (κ2) is 9.99. The third kappa shape index (κ3) is 4.57. The molecular weight excluding hydrogens is 428 g/mol. The Labute approximate surface area is 190 Å². The fourth-order valence-electron chi connectivity index (χ4n) is 3.65. The number of hydrogen-bond donors (Lipinski definition) is 4. The van der Waals surface area contributed by atoms with Crippen LogP contribution in [0.3, 0.4) is 0 Å². The SMILES string of the molecule is CCc1c(NC(=O)c2cocc2C(=O)Nc2ccc(O)c(OC)c2CC)ccc(O)c1OC. The molecule has 0 unspecified atom stereocenters. The smallest absolute Gasteiger partial charge is 0.259 e. The second-order valence-electron chi connectivity index (χ2n) is 7.10. The van der Waals surface area contributed by atoms with Crippen molar-refractivity contribution in [3.05, 3.63) is 59.0 Å². The van der Waals surface area contributed by atoms with E-state index in [0.717, 1.165) is 0 Å².